The fourth-order valence-electron chi connectivity index (χ4n) is 3.18. The first-order chi connectivity index (χ1) is 14.6. The molecule has 0 radical (unpaired) electrons. The number of aliphatic hydroxyl groups is 1. The van der Waals surface area contributed by atoms with E-state index in [-0.39, 0.29) is 12.5 Å². The summed E-state index contributed by atoms with van der Waals surface area (Å²) in [6.07, 6.45) is 3.99. The van der Waals surface area contributed by atoms with Crippen LogP contribution in [-0.4, -0.2) is 22.6 Å². The summed E-state index contributed by atoms with van der Waals surface area (Å²) in [5, 5.41) is 13.2. The van der Waals surface area contributed by atoms with Crippen molar-refractivity contribution in [1.82, 2.24) is 10.3 Å². The number of nitrogens with zero attached hydrogens (tertiary/aromatic N) is 1. The van der Waals surface area contributed by atoms with Gasteiger partial charge in [-0.15, -0.1) is 0 Å². The summed E-state index contributed by atoms with van der Waals surface area (Å²) in [6, 6.07) is 16.6. The number of rotatable bonds is 8. The Morgan fingerprint density at radius 2 is 1.93 bits per heavy atom. The van der Waals surface area contributed by atoms with Gasteiger partial charge in [0.25, 0.3) is 5.91 Å². The minimum absolute atomic E-state index is 0.0891. The molecule has 2 N–H and O–H groups in total. The van der Waals surface area contributed by atoms with Crippen molar-refractivity contribution in [1.29, 1.82) is 0 Å². The monoisotopic (exact) mass is 422 g/mol. The summed E-state index contributed by atoms with van der Waals surface area (Å²) >= 11 is 5.93. The molecular formula is C24H23ClN2O3. The summed E-state index contributed by atoms with van der Waals surface area (Å²) in [5.41, 5.74) is 3.71. The molecule has 154 valence electrons. The molecule has 1 aliphatic rings. The molecule has 5 nitrogen and oxygen atoms in total. The SMILES string of the molecule is O=C(NCc1ccc(Cl)cc1)c1cc(-c2ccccc2CO)cnc1OCC1CC1. The Hall–Kier alpha value is -2.89. The molecule has 1 fully saturated rings. The van der Waals surface area contributed by atoms with E-state index < -0.39 is 0 Å². The van der Waals surface area contributed by atoms with Crippen LogP contribution in [0.1, 0.15) is 34.3 Å². The minimum atomic E-state index is -0.258. The Bertz CT molecular complexity index is 1030. The zero-order valence-corrected chi connectivity index (χ0v) is 17.2. The highest BCUT2D eigenvalue weighted by atomic mass is 35.5. The zero-order chi connectivity index (χ0) is 20.9. The van der Waals surface area contributed by atoms with E-state index in [1.54, 1.807) is 24.4 Å². The van der Waals surface area contributed by atoms with E-state index in [4.69, 9.17) is 16.3 Å². The highest BCUT2D eigenvalue weighted by Gasteiger charge is 2.24. The standard InChI is InChI=1S/C24H23ClN2O3/c25-20-9-7-16(8-10-20)12-26-23(29)22-11-19(21-4-2-1-3-18(21)14-28)13-27-24(22)30-15-17-5-6-17/h1-4,7-11,13,17,28H,5-6,12,14-15H2,(H,26,29). The topological polar surface area (TPSA) is 71.5 Å². The highest BCUT2D eigenvalue weighted by molar-refractivity contribution is 6.30. The van der Waals surface area contributed by atoms with E-state index in [2.05, 4.69) is 10.3 Å². The van der Waals surface area contributed by atoms with Gasteiger partial charge in [-0.3, -0.25) is 4.79 Å². The number of halogens is 1. The fraction of sp³-hybridized carbons (Fsp3) is 0.250. The molecule has 1 amide bonds. The summed E-state index contributed by atoms with van der Waals surface area (Å²) < 4.78 is 5.86. The van der Waals surface area contributed by atoms with Crippen LogP contribution in [0.3, 0.4) is 0 Å². The molecule has 0 saturated heterocycles. The summed E-state index contributed by atoms with van der Waals surface area (Å²) in [5.74, 6) is 0.624. The molecular weight excluding hydrogens is 400 g/mol. The maximum atomic E-state index is 13.0. The first-order valence-corrected chi connectivity index (χ1v) is 10.4. The quantitative estimate of drug-likeness (QED) is 0.556. The molecule has 3 aromatic rings. The average Bonchev–Trinajstić information content (AvgIpc) is 3.61. The van der Waals surface area contributed by atoms with Crippen molar-refractivity contribution in [2.45, 2.75) is 26.0 Å². The van der Waals surface area contributed by atoms with Crippen LogP contribution in [0.2, 0.25) is 5.02 Å². The third kappa shape index (κ3) is 4.99. The molecule has 1 saturated carbocycles. The number of hydrogen-bond acceptors (Lipinski definition) is 4. The number of hydrogen-bond donors (Lipinski definition) is 2. The third-order valence-corrected chi connectivity index (χ3v) is 5.37. The molecule has 1 aliphatic carbocycles. The molecule has 0 spiro atoms. The molecule has 0 unspecified atom stereocenters. The Morgan fingerprint density at radius 3 is 2.67 bits per heavy atom. The van der Waals surface area contributed by atoms with Crippen LogP contribution in [0, 0.1) is 5.92 Å². The van der Waals surface area contributed by atoms with Crippen LogP contribution in [-0.2, 0) is 13.2 Å². The van der Waals surface area contributed by atoms with E-state index in [9.17, 15) is 9.90 Å². The summed E-state index contributed by atoms with van der Waals surface area (Å²) in [4.78, 5) is 17.4. The van der Waals surface area contributed by atoms with Gasteiger partial charge in [0.05, 0.1) is 13.2 Å². The number of carbonyl (C=O) groups excluding carboxylic acids is 1. The second-order valence-corrected chi connectivity index (χ2v) is 7.89. The number of nitrogens with one attached hydrogen (secondary N) is 1. The molecule has 0 aliphatic heterocycles. The van der Waals surface area contributed by atoms with Gasteiger partial charge < -0.3 is 15.2 Å². The Kier molecular flexibility index (Phi) is 6.31. The normalized spacial score (nSPS) is 13.1. The van der Waals surface area contributed by atoms with Crippen LogP contribution in [0.5, 0.6) is 5.88 Å². The van der Waals surface area contributed by atoms with Gasteiger partial charge in [0, 0.05) is 23.3 Å². The van der Waals surface area contributed by atoms with E-state index in [1.165, 1.54) is 0 Å². The van der Waals surface area contributed by atoms with Crippen molar-refractivity contribution in [2.24, 2.45) is 5.92 Å². The molecule has 6 heteroatoms. The van der Waals surface area contributed by atoms with Gasteiger partial charge >= 0.3 is 0 Å². The minimum Gasteiger partial charge on any atom is -0.477 e. The molecule has 4 rings (SSSR count). The number of aromatic nitrogens is 1. The molecule has 30 heavy (non-hydrogen) atoms. The third-order valence-electron chi connectivity index (χ3n) is 5.11. The van der Waals surface area contributed by atoms with Gasteiger partial charge in [-0.05, 0) is 53.6 Å². The second kappa shape index (κ2) is 9.28. The molecule has 0 atom stereocenters. The van der Waals surface area contributed by atoms with Crippen molar-refractivity contribution >= 4 is 17.5 Å². The zero-order valence-electron chi connectivity index (χ0n) is 16.5. The van der Waals surface area contributed by atoms with Gasteiger partial charge in [-0.2, -0.15) is 0 Å². The van der Waals surface area contributed by atoms with Crippen molar-refractivity contribution in [3.63, 3.8) is 0 Å². The van der Waals surface area contributed by atoms with E-state index in [0.29, 0.717) is 35.5 Å². The van der Waals surface area contributed by atoms with Gasteiger partial charge in [0.1, 0.15) is 5.56 Å². The summed E-state index contributed by atoms with van der Waals surface area (Å²) in [7, 11) is 0. The Balaban J connectivity index is 1.59. The lowest BCUT2D eigenvalue weighted by Gasteiger charge is -2.14. The van der Waals surface area contributed by atoms with Gasteiger partial charge in [-0.1, -0.05) is 48.0 Å². The van der Waals surface area contributed by atoms with Crippen LogP contribution < -0.4 is 10.1 Å². The number of ether oxygens (including phenoxy) is 1. The molecule has 2 aromatic carbocycles. The number of carbonyl (C=O) groups is 1. The lowest BCUT2D eigenvalue weighted by atomic mass is 10.00. The van der Waals surface area contributed by atoms with Crippen molar-refractivity contribution < 1.29 is 14.6 Å². The maximum absolute atomic E-state index is 13.0. The van der Waals surface area contributed by atoms with Crippen LogP contribution in [0.25, 0.3) is 11.1 Å². The van der Waals surface area contributed by atoms with E-state index in [1.807, 2.05) is 36.4 Å². The van der Waals surface area contributed by atoms with Crippen molar-refractivity contribution in [3.8, 4) is 17.0 Å². The Morgan fingerprint density at radius 1 is 1.17 bits per heavy atom. The average molecular weight is 423 g/mol. The van der Waals surface area contributed by atoms with Gasteiger partial charge in [0.2, 0.25) is 5.88 Å². The molecule has 0 bridgehead atoms. The van der Waals surface area contributed by atoms with Crippen molar-refractivity contribution in [2.75, 3.05) is 6.61 Å². The fourth-order valence-corrected chi connectivity index (χ4v) is 3.30. The number of amides is 1. The van der Waals surface area contributed by atoms with Crippen LogP contribution in [0.4, 0.5) is 0 Å². The first-order valence-electron chi connectivity index (χ1n) is 9.98. The number of benzene rings is 2. The molecule has 1 aromatic heterocycles. The highest BCUT2D eigenvalue weighted by Crippen LogP contribution is 2.31. The lowest BCUT2D eigenvalue weighted by Crippen LogP contribution is -2.24. The predicted molar refractivity (Wildman–Crippen MR) is 116 cm³/mol. The van der Waals surface area contributed by atoms with Gasteiger partial charge in [0.15, 0.2) is 0 Å². The van der Waals surface area contributed by atoms with Crippen LogP contribution >= 0.6 is 11.6 Å². The number of pyridine rings is 1. The second-order valence-electron chi connectivity index (χ2n) is 7.46. The van der Waals surface area contributed by atoms with Crippen LogP contribution in [0.15, 0.2) is 60.8 Å². The lowest BCUT2D eigenvalue weighted by molar-refractivity contribution is 0.0945. The smallest absolute Gasteiger partial charge is 0.257 e. The maximum Gasteiger partial charge on any atom is 0.257 e. The number of aliphatic hydroxyl groups excluding tert-OH is 1. The van der Waals surface area contributed by atoms with E-state index >= 15 is 0 Å². The first kappa shape index (κ1) is 20.4. The predicted octanol–water partition coefficient (Wildman–Crippen LogP) is 4.61. The molecule has 1 heterocycles. The van der Waals surface area contributed by atoms with E-state index in [0.717, 1.165) is 35.1 Å². The largest absolute Gasteiger partial charge is 0.477 e. The summed E-state index contributed by atoms with van der Waals surface area (Å²) in [6.45, 7) is 0.848. The Labute approximate surface area is 180 Å². The van der Waals surface area contributed by atoms with Gasteiger partial charge in [-0.25, -0.2) is 4.98 Å². The van der Waals surface area contributed by atoms with Crippen molar-refractivity contribution in [3.05, 3.63) is 82.5 Å².